The molecule has 0 unspecified atom stereocenters. The molecule has 3 aromatic rings. The Labute approximate surface area is 155 Å². The molecule has 0 aliphatic heterocycles. The maximum Gasteiger partial charge on any atom is 0.160 e. The fourth-order valence-electron chi connectivity index (χ4n) is 2.66. The van der Waals surface area contributed by atoms with Crippen LogP contribution in [0.1, 0.15) is 29.2 Å². The van der Waals surface area contributed by atoms with Gasteiger partial charge in [0.1, 0.15) is 0 Å². The number of benzene rings is 3. The highest BCUT2D eigenvalue weighted by molar-refractivity contribution is 6.12. The van der Waals surface area contributed by atoms with Crippen LogP contribution in [0.15, 0.2) is 101 Å². The van der Waals surface area contributed by atoms with Gasteiger partial charge in [0.2, 0.25) is 0 Å². The van der Waals surface area contributed by atoms with Crippen molar-refractivity contribution in [3.8, 4) is 0 Å². The Morgan fingerprint density at radius 1 is 0.692 bits per heavy atom. The molecule has 0 saturated carbocycles. The molecule has 2 nitrogen and oxygen atoms in total. The van der Waals surface area contributed by atoms with E-state index in [9.17, 15) is 0 Å². The zero-order valence-corrected chi connectivity index (χ0v) is 15.2. The summed E-state index contributed by atoms with van der Waals surface area (Å²) in [5.74, 6) is 0.670. The van der Waals surface area contributed by atoms with E-state index in [4.69, 9.17) is 9.98 Å². The van der Waals surface area contributed by atoms with E-state index < -0.39 is 0 Å². The normalized spacial score (nSPS) is 12.1. The fraction of sp³-hybridized carbons (Fsp3) is 0.0833. The van der Waals surface area contributed by atoms with E-state index in [-0.39, 0.29) is 0 Å². The largest absolute Gasteiger partial charge is 0.233 e. The topological polar surface area (TPSA) is 24.7 Å². The molecule has 2 heteroatoms. The number of hydrogen-bond donors (Lipinski definition) is 0. The second-order valence-corrected chi connectivity index (χ2v) is 6.18. The Morgan fingerprint density at radius 3 is 1.88 bits per heavy atom. The Morgan fingerprint density at radius 2 is 1.27 bits per heavy atom. The predicted molar refractivity (Wildman–Crippen MR) is 112 cm³/mol. The van der Waals surface area contributed by atoms with E-state index in [0.717, 1.165) is 22.4 Å². The number of aryl methyl sites for hydroxylation is 1. The summed E-state index contributed by atoms with van der Waals surface area (Å²) >= 11 is 0. The second kappa shape index (κ2) is 8.21. The lowest BCUT2D eigenvalue weighted by atomic mass is 10.1. The lowest BCUT2D eigenvalue weighted by Gasteiger charge is -2.08. The van der Waals surface area contributed by atoms with Gasteiger partial charge in [-0.25, -0.2) is 9.98 Å². The average molecular weight is 338 g/mol. The van der Waals surface area contributed by atoms with E-state index >= 15 is 0 Å². The van der Waals surface area contributed by atoms with E-state index in [1.807, 2.05) is 67.6 Å². The van der Waals surface area contributed by atoms with Crippen molar-refractivity contribution in [2.45, 2.75) is 13.8 Å². The molecule has 0 radical (unpaired) electrons. The molecule has 3 aromatic carbocycles. The zero-order valence-electron chi connectivity index (χ0n) is 15.2. The smallest absolute Gasteiger partial charge is 0.160 e. The average Bonchev–Trinajstić information content (AvgIpc) is 2.68. The van der Waals surface area contributed by atoms with Gasteiger partial charge in [-0.05, 0) is 31.0 Å². The summed E-state index contributed by atoms with van der Waals surface area (Å²) in [7, 11) is 0. The first-order valence-corrected chi connectivity index (χ1v) is 8.64. The molecule has 0 spiro atoms. The summed E-state index contributed by atoms with van der Waals surface area (Å²) < 4.78 is 0. The van der Waals surface area contributed by atoms with Crippen molar-refractivity contribution < 1.29 is 0 Å². The van der Waals surface area contributed by atoms with Crippen LogP contribution in [0.2, 0.25) is 0 Å². The number of aliphatic imine (C=N–C) groups is 2. The van der Waals surface area contributed by atoms with Gasteiger partial charge in [0.25, 0.3) is 0 Å². The first kappa shape index (κ1) is 17.6. The molecular weight excluding hydrogens is 316 g/mol. The van der Waals surface area contributed by atoms with Gasteiger partial charge in [0.05, 0.1) is 5.70 Å². The van der Waals surface area contributed by atoms with Gasteiger partial charge in [0.15, 0.2) is 5.84 Å². The van der Waals surface area contributed by atoms with E-state index in [0.29, 0.717) is 11.5 Å². The van der Waals surface area contributed by atoms with Crippen LogP contribution in [0.5, 0.6) is 0 Å². The molecule has 0 saturated heterocycles. The maximum atomic E-state index is 4.83. The number of nitrogens with zero attached hydrogens (tertiary/aromatic N) is 2. The molecule has 26 heavy (non-hydrogen) atoms. The molecule has 128 valence electrons. The lowest BCUT2D eigenvalue weighted by molar-refractivity contribution is 1.41. The van der Waals surface area contributed by atoms with E-state index in [1.54, 1.807) is 0 Å². The van der Waals surface area contributed by atoms with Crippen molar-refractivity contribution in [3.63, 3.8) is 0 Å². The molecule has 0 N–H and O–H groups in total. The molecule has 0 aliphatic carbocycles. The highest BCUT2D eigenvalue weighted by Crippen LogP contribution is 2.17. The van der Waals surface area contributed by atoms with Gasteiger partial charge in [-0.2, -0.15) is 0 Å². The van der Waals surface area contributed by atoms with Gasteiger partial charge < -0.3 is 0 Å². The number of rotatable bonds is 4. The van der Waals surface area contributed by atoms with Crippen LogP contribution in [0, 0.1) is 6.92 Å². The third-order valence-corrected chi connectivity index (χ3v) is 4.09. The van der Waals surface area contributed by atoms with Crippen LogP contribution in [-0.2, 0) is 0 Å². The molecule has 0 amide bonds. The Kier molecular flexibility index (Phi) is 5.55. The lowest BCUT2D eigenvalue weighted by Crippen LogP contribution is -2.04. The van der Waals surface area contributed by atoms with Gasteiger partial charge >= 0.3 is 0 Å². The first-order valence-electron chi connectivity index (χ1n) is 8.64. The monoisotopic (exact) mass is 338 g/mol. The molecule has 0 fully saturated rings. The van der Waals surface area contributed by atoms with Crippen LogP contribution in [0.25, 0.3) is 5.70 Å². The van der Waals surface area contributed by atoms with Crippen molar-refractivity contribution in [1.82, 2.24) is 0 Å². The summed E-state index contributed by atoms with van der Waals surface area (Å²) in [5.41, 5.74) is 5.85. The Hall–Kier alpha value is -3.26. The molecule has 3 rings (SSSR count). The molecule has 0 bridgehead atoms. The Bertz CT molecular complexity index is 952. The van der Waals surface area contributed by atoms with Crippen molar-refractivity contribution in [2.24, 2.45) is 9.98 Å². The molecule has 0 heterocycles. The van der Waals surface area contributed by atoms with Crippen LogP contribution < -0.4 is 0 Å². The van der Waals surface area contributed by atoms with Crippen molar-refractivity contribution in [3.05, 3.63) is 114 Å². The predicted octanol–water partition coefficient (Wildman–Crippen LogP) is 5.92. The second-order valence-electron chi connectivity index (χ2n) is 6.18. The van der Waals surface area contributed by atoms with Crippen molar-refractivity contribution in [1.29, 1.82) is 0 Å². The molecule has 0 aliphatic rings. The molecule has 0 aromatic heterocycles. The van der Waals surface area contributed by atoms with Gasteiger partial charge in [-0.1, -0.05) is 91.0 Å². The molecule has 0 atom stereocenters. The zero-order chi connectivity index (χ0) is 18.4. The number of hydrogen-bond acceptors (Lipinski definition) is 1. The summed E-state index contributed by atoms with van der Waals surface area (Å²) in [6, 6.07) is 28.3. The minimum absolute atomic E-state index is 0.670. The summed E-state index contributed by atoms with van der Waals surface area (Å²) in [4.78, 5) is 9.59. The van der Waals surface area contributed by atoms with Crippen LogP contribution >= 0.6 is 0 Å². The minimum Gasteiger partial charge on any atom is -0.233 e. The SMILES string of the molecule is C=C(N=C(N=C(C)c1ccccc1)c1cccc(C)c1)c1ccccc1. The van der Waals surface area contributed by atoms with Gasteiger partial charge in [0, 0.05) is 11.3 Å². The first-order chi connectivity index (χ1) is 12.6. The summed E-state index contributed by atoms with van der Waals surface area (Å²) in [6.07, 6.45) is 0. The summed E-state index contributed by atoms with van der Waals surface area (Å²) in [6.45, 7) is 8.21. The third-order valence-electron chi connectivity index (χ3n) is 4.09. The standard InChI is InChI=1S/C24H22N2/c1-18-11-10-16-23(17-18)24(25-19(2)21-12-6-4-7-13-21)26-20(3)22-14-8-5-9-15-22/h4-17H,2H2,1,3H3. The van der Waals surface area contributed by atoms with Crippen LogP contribution in [0.4, 0.5) is 0 Å². The number of amidine groups is 1. The van der Waals surface area contributed by atoms with Crippen molar-refractivity contribution in [2.75, 3.05) is 0 Å². The van der Waals surface area contributed by atoms with E-state index in [1.165, 1.54) is 5.56 Å². The summed E-state index contributed by atoms with van der Waals surface area (Å²) in [5, 5.41) is 0. The maximum absolute atomic E-state index is 4.83. The Balaban J connectivity index is 2.05. The highest BCUT2D eigenvalue weighted by Gasteiger charge is 2.07. The van der Waals surface area contributed by atoms with Crippen LogP contribution in [0.3, 0.4) is 0 Å². The van der Waals surface area contributed by atoms with Gasteiger partial charge in [-0.15, -0.1) is 0 Å². The van der Waals surface area contributed by atoms with E-state index in [2.05, 4.69) is 37.8 Å². The fourth-order valence-corrected chi connectivity index (χ4v) is 2.66. The minimum atomic E-state index is 0.670. The highest BCUT2D eigenvalue weighted by atomic mass is 14.9. The van der Waals surface area contributed by atoms with Crippen LogP contribution in [-0.4, -0.2) is 11.5 Å². The molecular formula is C24H22N2. The quantitative estimate of drug-likeness (QED) is 0.416. The van der Waals surface area contributed by atoms with Crippen molar-refractivity contribution >= 4 is 17.2 Å². The third kappa shape index (κ3) is 4.42. The van der Waals surface area contributed by atoms with Gasteiger partial charge in [-0.3, -0.25) is 0 Å².